The van der Waals surface area contributed by atoms with Crippen LogP contribution in [0.15, 0.2) is 60.9 Å². The van der Waals surface area contributed by atoms with E-state index in [0.29, 0.717) is 113 Å². The maximum absolute atomic E-state index is 13.4. The van der Waals surface area contributed by atoms with E-state index in [1.807, 2.05) is 47.9 Å². The van der Waals surface area contributed by atoms with Crippen molar-refractivity contribution in [3.8, 4) is 22.8 Å². The molecule has 2 atom stereocenters. The van der Waals surface area contributed by atoms with Gasteiger partial charge in [0.1, 0.15) is 22.5 Å². The molecule has 0 bridgehead atoms. The number of nitrogens with one attached hydrogen (secondary N) is 4. The molecule has 6 amide bonds. The summed E-state index contributed by atoms with van der Waals surface area (Å²) in [6, 6.07) is 14.1. The van der Waals surface area contributed by atoms with Crippen LogP contribution in [0.3, 0.4) is 0 Å². The van der Waals surface area contributed by atoms with Gasteiger partial charge in [-0.2, -0.15) is 0 Å². The number of nitrogens with zero attached hydrogens (tertiary/aromatic N) is 8. The number of carbonyl (C=O) groups excluding carboxylic acids is 4. The highest BCUT2D eigenvalue weighted by molar-refractivity contribution is 6.09. The van der Waals surface area contributed by atoms with Gasteiger partial charge in [-0.3, -0.25) is 9.59 Å². The fourth-order valence-corrected chi connectivity index (χ4v) is 8.10. The Morgan fingerprint density at radius 3 is 1.41 bits per heavy atom. The highest BCUT2D eigenvalue weighted by atomic mass is 16.5. The van der Waals surface area contributed by atoms with Crippen LogP contribution in [-0.2, 0) is 28.5 Å². The van der Waals surface area contributed by atoms with Gasteiger partial charge in [0.2, 0.25) is 0 Å². The number of hydrogen-bond donors (Lipinski definition) is 4. The van der Waals surface area contributed by atoms with Crippen molar-refractivity contribution in [2.75, 3.05) is 124 Å². The maximum Gasteiger partial charge on any atom is 0.318 e. The molecular weight excluding hydrogens is 825 g/mol. The molecule has 0 radical (unpaired) electrons. The molecule has 8 rings (SSSR count). The Labute approximate surface area is 372 Å². The molecule has 64 heavy (non-hydrogen) atoms. The van der Waals surface area contributed by atoms with E-state index >= 15 is 0 Å². The molecule has 2 saturated heterocycles. The number of amides is 6. The molecule has 0 unspecified atom stereocenters. The number of methoxy groups -OCH3 is 2. The number of morpholine rings is 2. The molecule has 2 aromatic carbocycles. The van der Waals surface area contributed by atoms with Gasteiger partial charge in [0, 0.05) is 90.2 Å². The lowest BCUT2D eigenvalue weighted by molar-refractivity contribution is -0.128. The normalized spacial score (nSPS) is 19.9. The number of carbonyl (C=O) groups is 4. The van der Waals surface area contributed by atoms with Gasteiger partial charge in [0.25, 0.3) is 11.8 Å². The molecule has 0 aliphatic carbocycles. The second kappa shape index (κ2) is 19.9. The lowest BCUT2D eigenvalue weighted by Gasteiger charge is -2.50. The monoisotopic (exact) mass is 880 g/mol. The van der Waals surface area contributed by atoms with Crippen LogP contribution in [0.2, 0.25) is 0 Å². The minimum atomic E-state index is -0.814. The predicted molar refractivity (Wildman–Crippen MR) is 242 cm³/mol. The summed E-state index contributed by atoms with van der Waals surface area (Å²) in [5.74, 6) is 2.53. The molecule has 6 heterocycles. The molecule has 4 N–H and O–H groups in total. The minimum Gasteiger partial charge on any atom is -0.385 e. The smallest absolute Gasteiger partial charge is 0.318 e. The van der Waals surface area contributed by atoms with Crippen LogP contribution in [0.25, 0.3) is 22.8 Å². The third-order valence-electron chi connectivity index (χ3n) is 11.6. The van der Waals surface area contributed by atoms with Gasteiger partial charge in [-0.25, -0.2) is 29.5 Å². The summed E-state index contributed by atoms with van der Waals surface area (Å²) in [5, 5.41) is 10.5. The molecular formula is C44H56N12O8. The first kappa shape index (κ1) is 45.5. The Morgan fingerprint density at radius 2 is 1.05 bits per heavy atom. The Morgan fingerprint density at radius 1 is 0.656 bits per heavy atom. The van der Waals surface area contributed by atoms with Crippen molar-refractivity contribution >= 4 is 58.3 Å². The SMILES string of the molecule is CNC(=O)Nc1ccc(-c2ncc3c(n2)N2CCOC[C@@]2(C)C(=O)N3CCCOC)cc1.CNC(=O)Nc1ccc(-c2ncc3c(n2)N2CCOC[C@]2(C)C(=O)N3CCCOC)cc1. The second-order valence-electron chi connectivity index (χ2n) is 15.9. The van der Waals surface area contributed by atoms with E-state index in [2.05, 4.69) is 31.2 Å². The summed E-state index contributed by atoms with van der Waals surface area (Å²) in [4.78, 5) is 76.2. The number of fused-ring (bicyclic) bond motifs is 6. The number of rotatable bonds is 12. The molecule has 4 aliphatic heterocycles. The summed E-state index contributed by atoms with van der Waals surface area (Å²) in [5.41, 5.74) is 2.74. The number of ether oxygens (including phenoxy) is 4. The average molecular weight is 881 g/mol. The van der Waals surface area contributed by atoms with E-state index in [1.54, 1.807) is 74.8 Å². The molecule has 2 fully saturated rings. The van der Waals surface area contributed by atoms with E-state index in [1.165, 1.54) is 0 Å². The number of urea groups is 2. The fraction of sp³-hybridized carbons (Fsp3) is 0.455. The molecule has 20 nitrogen and oxygen atoms in total. The highest BCUT2D eigenvalue weighted by Gasteiger charge is 2.52. The zero-order chi connectivity index (χ0) is 45.4. The van der Waals surface area contributed by atoms with E-state index < -0.39 is 11.1 Å². The van der Waals surface area contributed by atoms with Gasteiger partial charge < -0.3 is 59.8 Å². The lowest BCUT2D eigenvalue weighted by atomic mass is 9.93. The van der Waals surface area contributed by atoms with E-state index in [-0.39, 0.29) is 23.9 Å². The summed E-state index contributed by atoms with van der Waals surface area (Å²) >= 11 is 0. The molecule has 4 aliphatic rings. The molecule has 20 heteroatoms. The van der Waals surface area contributed by atoms with Crippen LogP contribution in [0, 0.1) is 0 Å². The topological polar surface area (TPSA) is 218 Å². The Hall–Kier alpha value is -6.48. The fourth-order valence-electron chi connectivity index (χ4n) is 8.10. The zero-order valence-corrected chi connectivity index (χ0v) is 37.1. The Balaban J connectivity index is 0.000000191. The third-order valence-corrected chi connectivity index (χ3v) is 11.6. The molecule has 2 aromatic heterocycles. The van der Waals surface area contributed by atoms with Gasteiger partial charge in [0.05, 0.1) is 38.8 Å². The largest absolute Gasteiger partial charge is 0.385 e. The first-order valence-electron chi connectivity index (χ1n) is 21.2. The van der Waals surface area contributed by atoms with Crippen molar-refractivity contribution < 1.29 is 38.1 Å². The highest BCUT2D eigenvalue weighted by Crippen LogP contribution is 2.43. The standard InChI is InChI=1S/2C22H28N6O4/c2*1-22-14-32-12-10-28(22)19-17(27(20(22)29)9-4-11-31-3)13-24-18(26-19)15-5-7-16(8-6-15)25-21(30)23-2/h2*5-8,13H,4,9-12,14H2,1-3H3,(H2,23,25,30)/t2*22-/m10/s1. The minimum absolute atomic E-state index is 0.0122. The van der Waals surface area contributed by atoms with Gasteiger partial charge in [-0.1, -0.05) is 0 Å². The van der Waals surface area contributed by atoms with Gasteiger partial charge >= 0.3 is 12.1 Å². The van der Waals surface area contributed by atoms with Crippen LogP contribution >= 0.6 is 0 Å². The van der Waals surface area contributed by atoms with Crippen molar-refractivity contribution in [1.29, 1.82) is 0 Å². The molecule has 4 aromatic rings. The van der Waals surface area contributed by atoms with Crippen molar-refractivity contribution in [1.82, 2.24) is 30.6 Å². The quantitative estimate of drug-likeness (QED) is 0.149. The van der Waals surface area contributed by atoms with Crippen molar-refractivity contribution in [2.24, 2.45) is 0 Å². The first-order chi connectivity index (χ1) is 30.9. The molecule has 0 saturated carbocycles. The van der Waals surface area contributed by atoms with Gasteiger partial charge in [0.15, 0.2) is 23.3 Å². The first-order valence-corrected chi connectivity index (χ1v) is 21.2. The van der Waals surface area contributed by atoms with Crippen LogP contribution < -0.4 is 40.9 Å². The van der Waals surface area contributed by atoms with E-state index in [0.717, 1.165) is 22.8 Å². The number of anilines is 6. The molecule has 340 valence electrons. The second-order valence-corrected chi connectivity index (χ2v) is 15.9. The van der Waals surface area contributed by atoms with Crippen LogP contribution in [-0.4, -0.2) is 149 Å². The van der Waals surface area contributed by atoms with Crippen molar-refractivity contribution in [2.45, 2.75) is 37.8 Å². The summed E-state index contributed by atoms with van der Waals surface area (Å²) < 4.78 is 21.7. The summed E-state index contributed by atoms with van der Waals surface area (Å²) in [6.07, 6.45) is 4.85. The van der Waals surface area contributed by atoms with Crippen LogP contribution in [0.4, 0.5) is 44.0 Å². The summed E-state index contributed by atoms with van der Waals surface area (Å²) in [6.45, 7) is 8.81. The maximum atomic E-state index is 13.4. The average Bonchev–Trinajstić information content (AvgIpc) is 3.31. The number of benzene rings is 2. The Bertz CT molecular complexity index is 2160. The number of aromatic nitrogens is 4. The number of hydrogen-bond acceptors (Lipinski definition) is 14. The van der Waals surface area contributed by atoms with Crippen molar-refractivity contribution in [3.05, 3.63) is 60.9 Å². The lowest BCUT2D eigenvalue weighted by Crippen LogP contribution is -2.67. The van der Waals surface area contributed by atoms with Crippen molar-refractivity contribution in [3.63, 3.8) is 0 Å². The van der Waals surface area contributed by atoms with Crippen LogP contribution in [0.5, 0.6) is 0 Å². The van der Waals surface area contributed by atoms with Gasteiger partial charge in [-0.05, 0) is 75.2 Å². The summed E-state index contributed by atoms with van der Waals surface area (Å²) in [7, 11) is 6.42. The predicted octanol–water partition coefficient (Wildman–Crippen LogP) is 3.75. The van der Waals surface area contributed by atoms with Crippen LogP contribution in [0.1, 0.15) is 26.7 Å². The Kier molecular flexibility index (Phi) is 14.2. The van der Waals surface area contributed by atoms with E-state index in [4.69, 9.17) is 28.9 Å². The van der Waals surface area contributed by atoms with Gasteiger partial charge in [-0.15, -0.1) is 0 Å². The molecule has 0 spiro atoms. The third kappa shape index (κ3) is 9.26. The van der Waals surface area contributed by atoms with E-state index in [9.17, 15) is 19.2 Å². The zero-order valence-electron chi connectivity index (χ0n) is 37.1.